The number of nitrogens with one attached hydrogen (secondary N) is 2. The summed E-state index contributed by atoms with van der Waals surface area (Å²) in [5.74, 6) is -2.71. The van der Waals surface area contributed by atoms with Crippen molar-refractivity contribution in [2.45, 2.75) is 25.1 Å². The fourth-order valence-corrected chi connectivity index (χ4v) is 2.45. The number of hydrogen-bond donors (Lipinski definition) is 3. The minimum atomic E-state index is -3.36. The van der Waals surface area contributed by atoms with E-state index in [9.17, 15) is 23.5 Å². The Balaban J connectivity index is 2.48. The highest BCUT2D eigenvalue weighted by Gasteiger charge is 2.58. The van der Waals surface area contributed by atoms with E-state index in [2.05, 4.69) is 5.32 Å². The van der Waals surface area contributed by atoms with Gasteiger partial charge in [-0.25, -0.2) is 13.6 Å². The fraction of sp³-hybridized carbons (Fsp3) is 0.429. The maximum atomic E-state index is 13.3. The van der Waals surface area contributed by atoms with Gasteiger partial charge < -0.3 is 20.5 Å². The summed E-state index contributed by atoms with van der Waals surface area (Å²) in [7, 11) is 0. The lowest BCUT2D eigenvalue weighted by Crippen LogP contribution is -2.70. The molecular weight excluding hydrogens is 298 g/mol. The number of aliphatic hydroxyl groups is 1. The number of urea groups is 1. The van der Waals surface area contributed by atoms with Gasteiger partial charge in [-0.05, 0) is 12.5 Å². The lowest BCUT2D eigenvalue weighted by atomic mass is 9.82. The van der Waals surface area contributed by atoms with Crippen LogP contribution in [0.4, 0.5) is 13.6 Å². The van der Waals surface area contributed by atoms with Gasteiger partial charge >= 0.3 is 12.0 Å². The fourth-order valence-electron chi connectivity index (χ4n) is 2.45. The first-order valence-electron chi connectivity index (χ1n) is 6.71. The number of alkyl halides is 2. The van der Waals surface area contributed by atoms with Gasteiger partial charge in [-0.1, -0.05) is 30.3 Å². The van der Waals surface area contributed by atoms with Gasteiger partial charge in [0.05, 0.1) is 12.6 Å². The molecule has 2 amide bonds. The van der Waals surface area contributed by atoms with Gasteiger partial charge in [0.1, 0.15) is 5.92 Å². The Kier molecular flexibility index (Phi) is 4.60. The number of carbonyl (C=O) groups excluding carboxylic acids is 2. The van der Waals surface area contributed by atoms with Crippen LogP contribution in [0.1, 0.15) is 18.5 Å². The Hall–Kier alpha value is -2.22. The standard InChI is InChI=1S/C14H16F2N2O4/c1-2-22-11(19)9-10(8-6-4-3-5-7-8)17-13(20)18-14(9,21)12(15)16/h3-7,9-10,12,21H,2H2,1H3,(H2,17,18,20)/t9-,10+,14-/m0/s1. The molecule has 1 aliphatic heterocycles. The monoisotopic (exact) mass is 314 g/mol. The Bertz CT molecular complexity index is 555. The van der Waals surface area contributed by atoms with Crippen LogP contribution in [0.15, 0.2) is 30.3 Å². The molecule has 2 rings (SSSR count). The second-order valence-electron chi connectivity index (χ2n) is 4.84. The molecular formula is C14H16F2N2O4. The van der Waals surface area contributed by atoms with Crippen molar-refractivity contribution in [2.24, 2.45) is 5.92 Å². The summed E-state index contributed by atoms with van der Waals surface area (Å²) >= 11 is 0. The number of hydrogen-bond acceptors (Lipinski definition) is 4. The zero-order chi connectivity index (χ0) is 16.3. The lowest BCUT2D eigenvalue weighted by Gasteiger charge is -2.43. The number of rotatable bonds is 4. The van der Waals surface area contributed by atoms with Crippen LogP contribution >= 0.6 is 0 Å². The summed E-state index contributed by atoms with van der Waals surface area (Å²) in [5.41, 5.74) is -2.59. The quantitative estimate of drug-likeness (QED) is 0.728. The normalized spacial score (nSPS) is 28.0. The molecule has 1 fully saturated rings. The first-order valence-corrected chi connectivity index (χ1v) is 6.71. The Morgan fingerprint density at radius 1 is 1.41 bits per heavy atom. The zero-order valence-electron chi connectivity index (χ0n) is 11.8. The van der Waals surface area contributed by atoms with Crippen LogP contribution < -0.4 is 10.6 Å². The summed E-state index contributed by atoms with van der Waals surface area (Å²) < 4.78 is 31.4. The van der Waals surface area contributed by atoms with Crippen LogP contribution in [0.3, 0.4) is 0 Å². The van der Waals surface area contributed by atoms with E-state index >= 15 is 0 Å². The number of carbonyl (C=O) groups is 2. The molecule has 22 heavy (non-hydrogen) atoms. The van der Waals surface area contributed by atoms with Crippen molar-refractivity contribution in [3.05, 3.63) is 35.9 Å². The van der Waals surface area contributed by atoms with E-state index in [-0.39, 0.29) is 6.61 Å². The summed E-state index contributed by atoms with van der Waals surface area (Å²) in [5, 5.41) is 14.3. The van der Waals surface area contributed by atoms with E-state index < -0.39 is 36.1 Å². The van der Waals surface area contributed by atoms with Crippen LogP contribution in [0, 0.1) is 5.92 Å². The van der Waals surface area contributed by atoms with E-state index in [1.165, 1.54) is 6.92 Å². The average Bonchev–Trinajstić information content (AvgIpc) is 2.47. The van der Waals surface area contributed by atoms with Crippen LogP contribution in [-0.2, 0) is 9.53 Å². The maximum Gasteiger partial charge on any atom is 0.317 e. The second-order valence-corrected chi connectivity index (χ2v) is 4.84. The van der Waals surface area contributed by atoms with Gasteiger partial charge in [0.15, 0.2) is 0 Å². The SMILES string of the molecule is CCOC(=O)[C@@H]1[C@@H](c2ccccc2)NC(=O)N[C@@]1(O)C(F)F. The highest BCUT2D eigenvalue weighted by atomic mass is 19.3. The van der Waals surface area contributed by atoms with E-state index in [1.54, 1.807) is 35.6 Å². The second kappa shape index (κ2) is 6.27. The van der Waals surface area contributed by atoms with E-state index in [0.717, 1.165) is 0 Å². The third-order valence-corrected chi connectivity index (χ3v) is 3.44. The molecule has 0 saturated carbocycles. The van der Waals surface area contributed by atoms with Crippen LogP contribution in [0.2, 0.25) is 0 Å². The summed E-state index contributed by atoms with van der Waals surface area (Å²) in [6.07, 6.45) is -3.36. The van der Waals surface area contributed by atoms with Crippen molar-refractivity contribution in [3.63, 3.8) is 0 Å². The Morgan fingerprint density at radius 3 is 2.59 bits per heavy atom. The van der Waals surface area contributed by atoms with E-state index in [1.807, 2.05) is 0 Å². The van der Waals surface area contributed by atoms with E-state index in [4.69, 9.17) is 4.74 Å². The summed E-state index contributed by atoms with van der Waals surface area (Å²) in [6, 6.07) is 5.97. The van der Waals surface area contributed by atoms with Gasteiger partial charge in [0.25, 0.3) is 6.43 Å². The minimum absolute atomic E-state index is 0.0376. The van der Waals surface area contributed by atoms with Gasteiger partial charge in [-0.15, -0.1) is 0 Å². The summed E-state index contributed by atoms with van der Waals surface area (Å²) in [6.45, 7) is 1.48. The molecule has 0 unspecified atom stereocenters. The van der Waals surface area contributed by atoms with Crippen molar-refractivity contribution in [1.82, 2.24) is 10.6 Å². The first-order chi connectivity index (χ1) is 10.4. The number of benzene rings is 1. The van der Waals surface area contributed by atoms with Gasteiger partial charge in [-0.3, -0.25) is 4.79 Å². The van der Waals surface area contributed by atoms with Crippen LogP contribution in [-0.4, -0.2) is 35.9 Å². The molecule has 3 atom stereocenters. The average molecular weight is 314 g/mol. The molecule has 6 nitrogen and oxygen atoms in total. The van der Waals surface area contributed by atoms with Crippen LogP contribution in [0.5, 0.6) is 0 Å². The number of halogens is 2. The van der Waals surface area contributed by atoms with Crippen LogP contribution in [0.25, 0.3) is 0 Å². The van der Waals surface area contributed by atoms with Crippen molar-refractivity contribution < 1.29 is 28.2 Å². The smallest absolute Gasteiger partial charge is 0.317 e. The molecule has 0 radical (unpaired) electrons. The molecule has 3 N–H and O–H groups in total. The molecule has 0 bridgehead atoms. The van der Waals surface area contributed by atoms with Gasteiger partial charge in [0.2, 0.25) is 5.72 Å². The molecule has 0 aromatic heterocycles. The zero-order valence-corrected chi connectivity index (χ0v) is 11.8. The lowest BCUT2D eigenvalue weighted by molar-refractivity contribution is -0.189. The first kappa shape index (κ1) is 16.2. The van der Waals surface area contributed by atoms with Crippen molar-refractivity contribution in [3.8, 4) is 0 Å². The van der Waals surface area contributed by atoms with Crippen molar-refractivity contribution in [2.75, 3.05) is 6.61 Å². The highest BCUT2D eigenvalue weighted by molar-refractivity contribution is 5.83. The van der Waals surface area contributed by atoms with E-state index in [0.29, 0.717) is 5.56 Å². The highest BCUT2D eigenvalue weighted by Crippen LogP contribution is 2.37. The minimum Gasteiger partial charge on any atom is -0.466 e. The molecule has 1 heterocycles. The third kappa shape index (κ3) is 2.87. The van der Waals surface area contributed by atoms with Crippen molar-refractivity contribution >= 4 is 12.0 Å². The molecule has 0 aliphatic carbocycles. The predicted octanol–water partition coefficient (Wildman–Crippen LogP) is 1.17. The Morgan fingerprint density at radius 2 is 2.05 bits per heavy atom. The Labute approximate surface area is 125 Å². The molecule has 1 aromatic rings. The summed E-state index contributed by atoms with van der Waals surface area (Å²) in [4.78, 5) is 23.7. The number of esters is 1. The molecule has 120 valence electrons. The molecule has 1 aliphatic rings. The van der Waals surface area contributed by atoms with Crippen molar-refractivity contribution in [1.29, 1.82) is 0 Å². The number of amides is 2. The topological polar surface area (TPSA) is 87.7 Å². The van der Waals surface area contributed by atoms with Gasteiger partial charge in [0, 0.05) is 0 Å². The molecule has 0 spiro atoms. The molecule has 1 aromatic carbocycles. The largest absolute Gasteiger partial charge is 0.466 e. The third-order valence-electron chi connectivity index (χ3n) is 3.44. The predicted molar refractivity (Wildman–Crippen MR) is 71.9 cm³/mol. The molecule has 8 heteroatoms. The maximum absolute atomic E-state index is 13.3. The van der Waals surface area contributed by atoms with Gasteiger partial charge in [-0.2, -0.15) is 0 Å². The molecule has 1 saturated heterocycles. The number of ether oxygens (including phenoxy) is 1.